The van der Waals surface area contributed by atoms with Crippen molar-refractivity contribution in [2.75, 3.05) is 26.2 Å². The number of aliphatic imine (C=N–C) groups is 1. The molecule has 1 aliphatic heterocycles. The number of hydrogen-bond donors (Lipinski definition) is 1. The van der Waals surface area contributed by atoms with Crippen LogP contribution in [0.15, 0.2) is 4.99 Å². The number of nitriles is 1. The van der Waals surface area contributed by atoms with Crippen molar-refractivity contribution in [3.8, 4) is 6.19 Å². The molecule has 1 aliphatic rings. The minimum absolute atomic E-state index is 0.828. The first-order valence-corrected chi connectivity index (χ1v) is 3.73. The molecule has 1 heterocycles. The minimum atomic E-state index is 0.828. The molecule has 1 rings (SSSR count). The molecule has 0 spiro atoms. The summed E-state index contributed by atoms with van der Waals surface area (Å²) in [5.41, 5.74) is 0. The van der Waals surface area contributed by atoms with E-state index in [1.54, 1.807) is 6.19 Å². The van der Waals surface area contributed by atoms with Crippen LogP contribution in [0.5, 0.6) is 0 Å². The average molecular weight is 152 g/mol. The van der Waals surface area contributed by atoms with Crippen molar-refractivity contribution in [2.45, 2.75) is 6.92 Å². The highest BCUT2D eigenvalue weighted by Crippen LogP contribution is 1.93. The second-order valence-electron chi connectivity index (χ2n) is 2.50. The second kappa shape index (κ2) is 3.94. The Morgan fingerprint density at radius 1 is 1.55 bits per heavy atom. The first-order valence-electron chi connectivity index (χ1n) is 3.73. The lowest BCUT2D eigenvalue weighted by atomic mass is 10.3. The number of nitrogens with zero attached hydrogens (tertiary/aromatic N) is 3. The summed E-state index contributed by atoms with van der Waals surface area (Å²) in [7, 11) is 0. The van der Waals surface area contributed by atoms with E-state index in [1.165, 1.54) is 0 Å². The highest BCUT2D eigenvalue weighted by molar-refractivity contribution is 5.80. The van der Waals surface area contributed by atoms with Gasteiger partial charge in [-0.1, -0.05) is 0 Å². The van der Waals surface area contributed by atoms with E-state index in [4.69, 9.17) is 5.26 Å². The summed E-state index contributed by atoms with van der Waals surface area (Å²) in [4.78, 5) is 5.78. The largest absolute Gasteiger partial charge is 0.357 e. The van der Waals surface area contributed by atoms with E-state index in [0.717, 1.165) is 32.0 Å². The predicted octanol–water partition coefficient (Wildman–Crippen LogP) is -0.209. The van der Waals surface area contributed by atoms with Crippen molar-refractivity contribution in [3.05, 3.63) is 0 Å². The van der Waals surface area contributed by atoms with Crippen LogP contribution in [0.1, 0.15) is 6.92 Å². The van der Waals surface area contributed by atoms with E-state index < -0.39 is 0 Å². The standard InChI is InChI=1S/C7H12N4/c1-7(10-6-8)11-4-2-9-3-5-11/h9H,2-5H2,1H3/b10-7+. The molecule has 0 atom stereocenters. The molecule has 0 aromatic heterocycles. The molecule has 0 aromatic rings. The molecule has 1 fully saturated rings. The molecular formula is C7H12N4. The fraction of sp³-hybridized carbons (Fsp3) is 0.714. The summed E-state index contributed by atoms with van der Waals surface area (Å²) in [5, 5.41) is 11.5. The van der Waals surface area contributed by atoms with Gasteiger partial charge in [-0.3, -0.25) is 0 Å². The van der Waals surface area contributed by atoms with Crippen LogP contribution in [0.2, 0.25) is 0 Å². The number of rotatable bonds is 0. The fourth-order valence-electron chi connectivity index (χ4n) is 1.13. The van der Waals surface area contributed by atoms with Gasteiger partial charge in [-0.15, -0.1) is 0 Å². The van der Waals surface area contributed by atoms with Crippen molar-refractivity contribution in [1.29, 1.82) is 5.26 Å². The molecule has 0 saturated carbocycles. The topological polar surface area (TPSA) is 51.4 Å². The van der Waals surface area contributed by atoms with E-state index in [1.807, 2.05) is 6.92 Å². The van der Waals surface area contributed by atoms with Gasteiger partial charge in [0.2, 0.25) is 6.19 Å². The van der Waals surface area contributed by atoms with Crippen LogP contribution in [0.3, 0.4) is 0 Å². The van der Waals surface area contributed by atoms with Crippen LogP contribution < -0.4 is 5.32 Å². The molecule has 1 saturated heterocycles. The van der Waals surface area contributed by atoms with E-state index in [9.17, 15) is 0 Å². The molecule has 4 nitrogen and oxygen atoms in total. The Morgan fingerprint density at radius 3 is 2.73 bits per heavy atom. The number of hydrogen-bond acceptors (Lipinski definition) is 3. The smallest absolute Gasteiger partial charge is 0.207 e. The summed E-state index contributed by atoms with van der Waals surface area (Å²) < 4.78 is 0. The Kier molecular flexibility index (Phi) is 2.87. The lowest BCUT2D eigenvalue weighted by Gasteiger charge is -2.28. The van der Waals surface area contributed by atoms with Gasteiger partial charge in [-0.2, -0.15) is 10.3 Å². The van der Waals surface area contributed by atoms with Crippen molar-refractivity contribution < 1.29 is 0 Å². The van der Waals surface area contributed by atoms with Gasteiger partial charge in [-0.05, 0) is 6.92 Å². The zero-order valence-corrected chi connectivity index (χ0v) is 6.67. The highest BCUT2D eigenvalue weighted by Gasteiger charge is 2.09. The zero-order valence-electron chi connectivity index (χ0n) is 6.67. The maximum Gasteiger partial charge on any atom is 0.207 e. The van der Waals surface area contributed by atoms with Gasteiger partial charge in [-0.25, -0.2) is 0 Å². The maximum absolute atomic E-state index is 8.29. The maximum atomic E-state index is 8.29. The first kappa shape index (κ1) is 8.02. The minimum Gasteiger partial charge on any atom is -0.357 e. The zero-order chi connectivity index (χ0) is 8.10. The summed E-state index contributed by atoms with van der Waals surface area (Å²) in [5.74, 6) is 0.828. The average Bonchev–Trinajstić information content (AvgIpc) is 2.07. The lowest BCUT2D eigenvalue weighted by Crippen LogP contribution is -2.45. The summed E-state index contributed by atoms with van der Waals surface area (Å²) in [6.07, 6.45) is 1.79. The summed E-state index contributed by atoms with van der Waals surface area (Å²) in [6, 6.07) is 0. The van der Waals surface area contributed by atoms with Crippen LogP contribution >= 0.6 is 0 Å². The van der Waals surface area contributed by atoms with Gasteiger partial charge in [0.25, 0.3) is 0 Å². The molecule has 60 valence electrons. The molecule has 0 bridgehead atoms. The van der Waals surface area contributed by atoms with Crippen LogP contribution in [0.4, 0.5) is 0 Å². The molecule has 0 radical (unpaired) electrons. The molecule has 4 heteroatoms. The van der Waals surface area contributed by atoms with Gasteiger partial charge < -0.3 is 10.2 Å². The first-order chi connectivity index (χ1) is 5.34. The predicted molar refractivity (Wildman–Crippen MR) is 43.2 cm³/mol. The van der Waals surface area contributed by atoms with Gasteiger partial charge in [0, 0.05) is 26.2 Å². The number of amidine groups is 1. The normalized spacial score (nSPS) is 19.6. The lowest BCUT2D eigenvalue weighted by molar-refractivity contribution is 0.356. The van der Waals surface area contributed by atoms with E-state index in [2.05, 4.69) is 15.2 Å². The van der Waals surface area contributed by atoms with Crippen molar-refractivity contribution in [1.82, 2.24) is 10.2 Å². The van der Waals surface area contributed by atoms with Crippen molar-refractivity contribution in [3.63, 3.8) is 0 Å². The Bertz CT molecular complexity index is 185. The van der Waals surface area contributed by atoms with Gasteiger partial charge in [0.15, 0.2) is 0 Å². The van der Waals surface area contributed by atoms with Crippen LogP contribution in [-0.2, 0) is 0 Å². The molecule has 1 N–H and O–H groups in total. The van der Waals surface area contributed by atoms with Crippen molar-refractivity contribution >= 4 is 5.84 Å². The Morgan fingerprint density at radius 2 is 2.18 bits per heavy atom. The molecule has 0 amide bonds. The molecule has 11 heavy (non-hydrogen) atoms. The molecule has 0 aromatic carbocycles. The van der Waals surface area contributed by atoms with Crippen LogP contribution in [-0.4, -0.2) is 36.9 Å². The summed E-state index contributed by atoms with van der Waals surface area (Å²) >= 11 is 0. The van der Waals surface area contributed by atoms with Crippen molar-refractivity contribution in [2.24, 2.45) is 4.99 Å². The van der Waals surface area contributed by atoms with Crippen LogP contribution in [0, 0.1) is 11.5 Å². The number of piperazine rings is 1. The van der Waals surface area contributed by atoms with E-state index in [-0.39, 0.29) is 0 Å². The fourth-order valence-corrected chi connectivity index (χ4v) is 1.13. The van der Waals surface area contributed by atoms with Gasteiger partial charge in [0.05, 0.1) is 0 Å². The van der Waals surface area contributed by atoms with E-state index >= 15 is 0 Å². The molecular weight excluding hydrogens is 140 g/mol. The SMILES string of the molecule is C/C(=N\C#N)N1CCNCC1. The molecule has 0 aliphatic carbocycles. The quantitative estimate of drug-likeness (QED) is 0.297. The highest BCUT2D eigenvalue weighted by atomic mass is 15.2. The monoisotopic (exact) mass is 152 g/mol. The Labute approximate surface area is 66.5 Å². The third-order valence-electron chi connectivity index (χ3n) is 1.79. The molecule has 0 unspecified atom stereocenters. The Balaban J connectivity index is 2.46. The second-order valence-corrected chi connectivity index (χ2v) is 2.50. The summed E-state index contributed by atoms with van der Waals surface area (Å²) in [6.45, 7) is 5.75. The third-order valence-corrected chi connectivity index (χ3v) is 1.79. The third kappa shape index (κ3) is 2.20. The Hall–Kier alpha value is -1.08. The van der Waals surface area contributed by atoms with Crippen LogP contribution in [0.25, 0.3) is 0 Å². The van der Waals surface area contributed by atoms with Gasteiger partial charge >= 0.3 is 0 Å². The number of nitrogens with one attached hydrogen (secondary N) is 1. The van der Waals surface area contributed by atoms with E-state index in [0.29, 0.717) is 0 Å². The van der Waals surface area contributed by atoms with Gasteiger partial charge in [0.1, 0.15) is 5.84 Å².